The highest BCUT2D eigenvalue weighted by Crippen LogP contribution is 2.25. The van der Waals surface area contributed by atoms with Crippen LogP contribution in [0.1, 0.15) is 23.7 Å². The molecule has 0 bridgehead atoms. The largest absolute Gasteiger partial charge is 0.324 e. The maximum Gasteiger partial charge on any atom is 0.271 e. The Labute approximate surface area is 172 Å². The number of hydrazone groups is 1. The van der Waals surface area contributed by atoms with Crippen molar-refractivity contribution in [2.45, 2.75) is 13.3 Å². The summed E-state index contributed by atoms with van der Waals surface area (Å²) in [7, 11) is 0. The van der Waals surface area contributed by atoms with Crippen molar-refractivity contribution in [1.29, 1.82) is 0 Å². The molecule has 28 heavy (non-hydrogen) atoms. The molecule has 3 rings (SSSR count). The SMILES string of the molecule is C/C(CC(=O)Nc1cc(Cl)ccc1Cl)=N\NC(=O)c1cccc2ccccc12. The maximum atomic E-state index is 12.5. The van der Waals surface area contributed by atoms with E-state index < -0.39 is 0 Å². The Bertz CT molecular complexity index is 1070. The zero-order valence-corrected chi connectivity index (χ0v) is 16.5. The minimum Gasteiger partial charge on any atom is -0.324 e. The predicted octanol–water partition coefficient (Wildman–Crippen LogP) is 5.28. The molecule has 2 N–H and O–H groups in total. The molecule has 0 heterocycles. The van der Waals surface area contributed by atoms with Gasteiger partial charge in [0.1, 0.15) is 0 Å². The Balaban J connectivity index is 1.64. The van der Waals surface area contributed by atoms with Gasteiger partial charge >= 0.3 is 0 Å². The molecule has 0 aliphatic heterocycles. The lowest BCUT2D eigenvalue weighted by Gasteiger charge is -2.08. The normalized spacial score (nSPS) is 11.3. The van der Waals surface area contributed by atoms with Crippen LogP contribution in [-0.2, 0) is 4.79 Å². The van der Waals surface area contributed by atoms with Crippen molar-refractivity contribution in [1.82, 2.24) is 5.43 Å². The fourth-order valence-corrected chi connectivity index (χ4v) is 3.03. The molecule has 0 fully saturated rings. The second-order valence-corrected chi connectivity index (χ2v) is 7.01. The molecule has 7 heteroatoms. The highest BCUT2D eigenvalue weighted by atomic mass is 35.5. The molecule has 0 spiro atoms. The molecule has 3 aromatic rings. The summed E-state index contributed by atoms with van der Waals surface area (Å²) in [4.78, 5) is 24.6. The van der Waals surface area contributed by atoms with E-state index >= 15 is 0 Å². The Morgan fingerprint density at radius 2 is 1.75 bits per heavy atom. The van der Waals surface area contributed by atoms with Crippen LogP contribution in [0.15, 0.2) is 65.8 Å². The summed E-state index contributed by atoms with van der Waals surface area (Å²) in [5.74, 6) is -0.653. The number of nitrogens with one attached hydrogen (secondary N) is 2. The molecule has 0 saturated heterocycles. The highest BCUT2D eigenvalue weighted by molar-refractivity contribution is 6.35. The van der Waals surface area contributed by atoms with E-state index in [9.17, 15) is 9.59 Å². The zero-order chi connectivity index (χ0) is 20.1. The molecular formula is C21H17Cl2N3O2. The van der Waals surface area contributed by atoms with E-state index in [0.717, 1.165) is 10.8 Å². The Morgan fingerprint density at radius 1 is 1.00 bits per heavy atom. The van der Waals surface area contributed by atoms with E-state index in [1.807, 2.05) is 36.4 Å². The number of hydrogen-bond acceptors (Lipinski definition) is 3. The summed E-state index contributed by atoms with van der Waals surface area (Å²) in [5, 5.41) is 9.36. The van der Waals surface area contributed by atoms with Gasteiger partial charge in [-0.25, -0.2) is 5.43 Å². The number of fused-ring (bicyclic) bond motifs is 1. The van der Waals surface area contributed by atoms with Gasteiger partial charge in [-0.1, -0.05) is 59.6 Å². The summed E-state index contributed by atoms with van der Waals surface area (Å²) in [6, 6.07) is 17.9. The molecule has 3 aromatic carbocycles. The van der Waals surface area contributed by atoms with Gasteiger partial charge < -0.3 is 5.32 Å². The van der Waals surface area contributed by atoms with Crippen molar-refractivity contribution in [2.24, 2.45) is 5.10 Å². The van der Waals surface area contributed by atoms with Crippen molar-refractivity contribution < 1.29 is 9.59 Å². The lowest BCUT2D eigenvalue weighted by Crippen LogP contribution is -2.21. The summed E-state index contributed by atoms with van der Waals surface area (Å²) >= 11 is 11.9. The molecule has 0 aromatic heterocycles. The van der Waals surface area contributed by atoms with Gasteiger partial charge in [0.25, 0.3) is 5.91 Å². The average Bonchev–Trinajstić information content (AvgIpc) is 2.68. The molecule has 5 nitrogen and oxygen atoms in total. The maximum absolute atomic E-state index is 12.5. The van der Waals surface area contributed by atoms with E-state index in [1.165, 1.54) is 0 Å². The Kier molecular flexibility index (Phi) is 6.29. The number of carbonyl (C=O) groups excluding carboxylic acids is 2. The highest BCUT2D eigenvalue weighted by Gasteiger charge is 2.11. The number of halogens is 2. The van der Waals surface area contributed by atoms with Gasteiger partial charge in [-0.15, -0.1) is 0 Å². The van der Waals surface area contributed by atoms with E-state index in [2.05, 4.69) is 15.8 Å². The Morgan fingerprint density at radius 3 is 2.57 bits per heavy atom. The lowest BCUT2D eigenvalue weighted by atomic mass is 10.0. The van der Waals surface area contributed by atoms with Crippen LogP contribution in [0.3, 0.4) is 0 Å². The molecule has 0 aliphatic carbocycles. The predicted molar refractivity (Wildman–Crippen MR) is 114 cm³/mol. The van der Waals surface area contributed by atoms with E-state index in [-0.39, 0.29) is 18.2 Å². The fraction of sp³-hybridized carbons (Fsp3) is 0.0952. The van der Waals surface area contributed by atoms with Crippen LogP contribution in [0.25, 0.3) is 10.8 Å². The first-order valence-electron chi connectivity index (χ1n) is 8.50. The van der Waals surface area contributed by atoms with Gasteiger partial charge in [-0.05, 0) is 42.0 Å². The van der Waals surface area contributed by atoms with Crippen molar-refractivity contribution in [2.75, 3.05) is 5.32 Å². The van der Waals surface area contributed by atoms with Crippen LogP contribution in [0, 0.1) is 0 Å². The van der Waals surface area contributed by atoms with E-state index in [1.54, 1.807) is 31.2 Å². The second-order valence-electron chi connectivity index (χ2n) is 6.16. The van der Waals surface area contributed by atoms with Gasteiger partial charge in [0.2, 0.25) is 5.91 Å². The number of amides is 2. The van der Waals surface area contributed by atoms with Gasteiger partial charge in [0.05, 0.1) is 17.1 Å². The van der Waals surface area contributed by atoms with Gasteiger partial charge in [0.15, 0.2) is 0 Å². The van der Waals surface area contributed by atoms with E-state index in [0.29, 0.717) is 27.0 Å². The van der Waals surface area contributed by atoms with Gasteiger partial charge in [-0.2, -0.15) is 5.10 Å². The quantitative estimate of drug-likeness (QED) is 0.441. The monoisotopic (exact) mass is 413 g/mol. The molecular weight excluding hydrogens is 397 g/mol. The zero-order valence-electron chi connectivity index (χ0n) is 15.0. The number of rotatable bonds is 5. The van der Waals surface area contributed by atoms with Crippen molar-refractivity contribution in [3.63, 3.8) is 0 Å². The summed E-state index contributed by atoms with van der Waals surface area (Å²) in [5.41, 5.74) is 3.89. The molecule has 0 saturated carbocycles. The molecule has 2 amide bonds. The lowest BCUT2D eigenvalue weighted by molar-refractivity contribution is -0.115. The number of hydrogen-bond donors (Lipinski definition) is 2. The molecule has 0 unspecified atom stereocenters. The number of benzene rings is 3. The van der Waals surface area contributed by atoms with Crippen LogP contribution >= 0.6 is 23.2 Å². The first-order chi connectivity index (χ1) is 13.4. The number of nitrogens with zero attached hydrogens (tertiary/aromatic N) is 1. The topological polar surface area (TPSA) is 70.6 Å². The Hall–Kier alpha value is -2.89. The fourth-order valence-electron chi connectivity index (χ4n) is 2.69. The third-order valence-electron chi connectivity index (χ3n) is 4.00. The standard InChI is InChI=1S/C21H17Cl2N3O2/c1-13(11-20(27)24-19-12-15(22)9-10-18(19)23)25-26-21(28)17-8-4-6-14-5-2-3-7-16(14)17/h2-10,12H,11H2,1H3,(H,24,27)(H,26,28)/b25-13+. The first kappa shape index (κ1) is 19.9. The smallest absolute Gasteiger partial charge is 0.271 e. The van der Waals surface area contributed by atoms with Crippen LogP contribution in [0.5, 0.6) is 0 Å². The van der Waals surface area contributed by atoms with E-state index in [4.69, 9.17) is 23.2 Å². The summed E-state index contributed by atoms with van der Waals surface area (Å²) < 4.78 is 0. The summed E-state index contributed by atoms with van der Waals surface area (Å²) in [6.07, 6.45) is -0.00133. The average molecular weight is 414 g/mol. The third-order valence-corrected chi connectivity index (χ3v) is 4.57. The van der Waals surface area contributed by atoms with Crippen molar-refractivity contribution >= 4 is 57.2 Å². The molecule has 0 atom stereocenters. The molecule has 142 valence electrons. The van der Waals surface area contributed by atoms with Crippen LogP contribution in [-0.4, -0.2) is 17.5 Å². The molecule has 0 radical (unpaired) electrons. The minimum atomic E-state index is -0.338. The van der Waals surface area contributed by atoms with Crippen LogP contribution < -0.4 is 10.7 Å². The molecule has 0 aliphatic rings. The minimum absolute atomic E-state index is 0.00133. The number of anilines is 1. The van der Waals surface area contributed by atoms with Gasteiger partial charge in [0, 0.05) is 16.3 Å². The van der Waals surface area contributed by atoms with Crippen LogP contribution in [0.2, 0.25) is 10.0 Å². The first-order valence-corrected chi connectivity index (χ1v) is 9.26. The number of carbonyl (C=O) groups is 2. The third kappa shape index (κ3) is 4.88. The van der Waals surface area contributed by atoms with Crippen molar-refractivity contribution in [3.8, 4) is 0 Å². The van der Waals surface area contributed by atoms with Gasteiger partial charge in [-0.3, -0.25) is 9.59 Å². The summed E-state index contributed by atoms with van der Waals surface area (Å²) in [6.45, 7) is 1.66. The van der Waals surface area contributed by atoms with Crippen LogP contribution in [0.4, 0.5) is 5.69 Å². The van der Waals surface area contributed by atoms with Crippen molar-refractivity contribution in [3.05, 3.63) is 76.3 Å². The second kappa shape index (κ2) is 8.87.